The van der Waals surface area contributed by atoms with Crippen LogP contribution in [0, 0.1) is 11.3 Å². The molecule has 2 unspecified atom stereocenters. The molecule has 1 aliphatic carbocycles. The van der Waals surface area contributed by atoms with Gasteiger partial charge in [-0.2, -0.15) is 0 Å². The first-order valence-electron chi connectivity index (χ1n) is 6.73. The summed E-state index contributed by atoms with van der Waals surface area (Å²) in [6.45, 7) is 11.2. The van der Waals surface area contributed by atoms with Gasteiger partial charge in [0.2, 0.25) is 0 Å². The first-order valence-corrected chi connectivity index (χ1v) is 6.73. The van der Waals surface area contributed by atoms with Gasteiger partial charge in [-0.05, 0) is 47.6 Å². The Balaban J connectivity index is 2.30. The van der Waals surface area contributed by atoms with E-state index in [1.54, 1.807) is 0 Å². The van der Waals surface area contributed by atoms with E-state index in [2.05, 4.69) is 51.6 Å². The Morgan fingerprint density at radius 3 is 2.59 bits per heavy atom. The van der Waals surface area contributed by atoms with Crippen LogP contribution >= 0.6 is 0 Å². The van der Waals surface area contributed by atoms with Crippen LogP contribution in [0.5, 0.6) is 0 Å². The van der Waals surface area contributed by atoms with E-state index < -0.39 is 0 Å². The second kappa shape index (κ2) is 4.68. The lowest BCUT2D eigenvalue weighted by atomic mass is 9.66. The van der Waals surface area contributed by atoms with Gasteiger partial charge < -0.3 is 0 Å². The van der Waals surface area contributed by atoms with Crippen molar-refractivity contribution in [2.24, 2.45) is 11.3 Å². The van der Waals surface area contributed by atoms with Gasteiger partial charge in [0.25, 0.3) is 0 Å². The molecule has 1 fully saturated rings. The van der Waals surface area contributed by atoms with Crippen molar-refractivity contribution in [2.45, 2.75) is 46.0 Å². The molecule has 1 saturated carbocycles. The third-order valence-corrected chi connectivity index (χ3v) is 4.04. The van der Waals surface area contributed by atoms with Gasteiger partial charge in [0.05, 0.1) is 0 Å². The summed E-state index contributed by atoms with van der Waals surface area (Å²) in [6, 6.07) is 8.75. The maximum atomic E-state index is 3.94. The number of benzene rings is 1. The SMILES string of the molecule is C=Cc1ccccc1C1CC(C)CC(C)(C)C1. The van der Waals surface area contributed by atoms with E-state index in [0.29, 0.717) is 11.3 Å². The van der Waals surface area contributed by atoms with Crippen molar-refractivity contribution in [3.8, 4) is 0 Å². The minimum absolute atomic E-state index is 0.483. The minimum atomic E-state index is 0.483. The molecule has 92 valence electrons. The molecule has 0 heteroatoms. The van der Waals surface area contributed by atoms with E-state index in [4.69, 9.17) is 0 Å². The molecule has 2 rings (SSSR count). The van der Waals surface area contributed by atoms with Crippen molar-refractivity contribution < 1.29 is 0 Å². The summed E-state index contributed by atoms with van der Waals surface area (Å²) >= 11 is 0. The molecule has 0 radical (unpaired) electrons. The molecule has 0 aliphatic heterocycles. The molecule has 0 bridgehead atoms. The van der Waals surface area contributed by atoms with Crippen molar-refractivity contribution >= 4 is 6.08 Å². The van der Waals surface area contributed by atoms with Crippen LogP contribution in [-0.4, -0.2) is 0 Å². The van der Waals surface area contributed by atoms with Gasteiger partial charge in [-0.25, -0.2) is 0 Å². The summed E-state index contributed by atoms with van der Waals surface area (Å²) in [5, 5.41) is 0. The summed E-state index contributed by atoms with van der Waals surface area (Å²) in [7, 11) is 0. The van der Waals surface area contributed by atoms with Crippen LogP contribution in [-0.2, 0) is 0 Å². The minimum Gasteiger partial charge on any atom is -0.0985 e. The zero-order valence-corrected chi connectivity index (χ0v) is 11.4. The Morgan fingerprint density at radius 1 is 1.24 bits per heavy atom. The standard InChI is InChI=1S/C17H24/c1-5-14-8-6-7-9-16(14)15-10-13(2)11-17(3,4)12-15/h5-9,13,15H,1,10-12H2,2-4H3. The lowest BCUT2D eigenvalue weighted by Gasteiger charge is -2.39. The van der Waals surface area contributed by atoms with E-state index in [1.807, 2.05) is 6.08 Å². The van der Waals surface area contributed by atoms with Gasteiger partial charge in [0, 0.05) is 0 Å². The third-order valence-electron chi connectivity index (χ3n) is 4.04. The molecule has 0 heterocycles. The molecular weight excluding hydrogens is 204 g/mol. The van der Waals surface area contributed by atoms with Gasteiger partial charge >= 0.3 is 0 Å². The molecule has 0 saturated heterocycles. The lowest BCUT2D eigenvalue weighted by molar-refractivity contribution is 0.168. The van der Waals surface area contributed by atoms with Crippen molar-refractivity contribution in [2.75, 3.05) is 0 Å². The fourth-order valence-electron chi connectivity index (χ4n) is 3.65. The molecule has 0 nitrogen and oxygen atoms in total. The Morgan fingerprint density at radius 2 is 1.94 bits per heavy atom. The molecule has 1 aromatic rings. The van der Waals surface area contributed by atoms with Crippen molar-refractivity contribution in [1.82, 2.24) is 0 Å². The van der Waals surface area contributed by atoms with E-state index in [-0.39, 0.29) is 0 Å². The predicted molar refractivity (Wildman–Crippen MR) is 76.1 cm³/mol. The highest BCUT2D eigenvalue weighted by molar-refractivity contribution is 5.53. The number of rotatable bonds is 2. The average molecular weight is 228 g/mol. The van der Waals surface area contributed by atoms with E-state index in [0.717, 1.165) is 5.92 Å². The fraction of sp³-hybridized carbons (Fsp3) is 0.529. The molecule has 1 aromatic carbocycles. The van der Waals surface area contributed by atoms with Crippen LogP contribution in [0.3, 0.4) is 0 Å². The highest BCUT2D eigenvalue weighted by Gasteiger charge is 2.33. The van der Waals surface area contributed by atoms with Crippen molar-refractivity contribution in [3.05, 3.63) is 42.0 Å². The monoisotopic (exact) mass is 228 g/mol. The fourth-order valence-corrected chi connectivity index (χ4v) is 3.65. The van der Waals surface area contributed by atoms with Gasteiger partial charge in [-0.3, -0.25) is 0 Å². The Hall–Kier alpha value is -1.04. The van der Waals surface area contributed by atoms with Crippen LogP contribution < -0.4 is 0 Å². The molecule has 1 aliphatic rings. The molecule has 17 heavy (non-hydrogen) atoms. The van der Waals surface area contributed by atoms with Crippen LogP contribution in [0.25, 0.3) is 6.08 Å². The zero-order valence-electron chi connectivity index (χ0n) is 11.4. The summed E-state index contributed by atoms with van der Waals surface area (Å²) in [5.74, 6) is 1.55. The van der Waals surface area contributed by atoms with Crippen molar-refractivity contribution in [3.63, 3.8) is 0 Å². The Labute approximate surface area is 106 Å². The lowest BCUT2D eigenvalue weighted by Crippen LogP contribution is -2.26. The predicted octanol–water partition coefficient (Wildman–Crippen LogP) is 5.26. The second-order valence-corrected chi connectivity index (χ2v) is 6.44. The molecule has 0 amide bonds. The molecule has 2 atom stereocenters. The highest BCUT2D eigenvalue weighted by atomic mass is 14.4. The van der Waals surface area contributed by atoms with Gasteiger partial charge in [-0.15, -0.1) is 0 Å². The van der Waals surface area contributed by atoms with Gasteiger partial charge in [-0.1, -0.05) is 57.7 Å². The first-order chi connectivity index (χ1) is 8.02. The van der Waals surface area contributed by atoms with E-state index in [9.17, 15) is 0 Å². The number of hydrogen-bond donors (Lipinski definition) is 0. The summed E-state index contributed by atoms with van der Waals surface area (Å²) in [4.78, 5) is 0. The summed E-state index contributed by atoms with van der Waals surface area (Å²) < 4.78 is 0. The van der Waals surface area contributed by atoms with Gasteiger partial charge in [0.15, 0.2) is 0 Å². The van der Waals surface area contributed by atoms with E-state index in [1.165, 1.54) is 30.4 Å². The van der Waals surface area contributed by atoms with Crippen LogP contribution in [0.4, 0.5) is 0 Å². The molecular formula is C17H24. The third kappa shape index (κ3) is 2.80. The van der Waals surface area contributed by atoms with Crippen LogP contribution in [0.2, 0.25) is 0 Å². The molecule has 0 aromatic heterocycles. The van der Waals surface area contributed by atoms with E-state index >= 15 is 0 Å². The normalized spacial score (nSPS) is 27.7. The second-order valence-electron chi connectivity index (χ2n) is 6.44. The topological polar surface area (TPSA) is 0 Å². The first kappa shape index (κ1) is 12.4. The average Bonchev–Trinajstić information content (AvgIpc) is 2.26. The molecule has 0 spiro atoms. The maximum Gasteiger partial charge on any atom is -0.0148 e. The largest absolute Gasteiger partial charge is 0.0985 e. The van der Waals surface area contributed by atoms with Gasteiger partial charge in [0.1, 0.15) is 0 Å². The summed E-state index contributed by atoms with van der Waals surface area (Å²) in [5.41, 5.74) is 3.31. The molecule has 0 N–H and O–H groups in total. The van der Waals surface area contributed by atoms with Crippen LogP contribution in [0.1, 0.15) is 57.1 Å². The number of hydrogen-bond acceptors (Lipinski definition) is 0. The van der Waals surface area contributed by atoms with Crippen molar-refractivity contribution in [1.29, 1.82) is 0 Å². The summed E-state index contributed by atoms with van der Waals surface area (Å²) in [6.07, 6.45) is 6.00. The highest BCUT2D eigenvalue weighted by Crippen LogP contribution is 2.46. The maximum absolute atomic E-state index is 3.94. The Bertz CT molecular complexity index is 400. The zero-order chi connectivity index (χ0) is 12.5. The van der Waals surface area contributed by atoms with Crippen LogP contribution in [0.15, 0.2) is 30.8 Å². The Kier molecular flexibility index (Phi) is 3.42. The quantitative estimate of drug-likeness (QED) is 0.647. The smallest absolute Gasteiger partial charge is 0.0148 e.